The lowest BCUT2D eigenvalue weighted by Crippen LogP contribution is -2.09. The summed E-state index contributed by atoms with van der Waals surface area (Å²) in [5.74, 6) is 0.472. The number of halogens is 1. The monoisotopic (exact) mass is 283 g/mol. The molecule has 0 saturated heterocycles. The summed E-state index contributed by atoms with van der Waals surface area (Å²) >= 11 is 3.17. The van der Waals surface area contributed by atoms with Crippen LogP contribution in [0.3, 0.4) is 0 Å². The number of aromatic nitrogens is 4. The Balaban J connectivity index is 2.27. The minimum Gasteiger partial charge on any atom is -0.337 e. The van der Waals surface area contributed by atoms with Crippen LogP contribution in [0.4, 0.5) is 11.5 Å². The van der Waals surface area contributed by atoms with Crippen molar-refractivity contribution in [3.8, 4) is 0 Å². The summed E-state index contributed by atoms with van der Waals surface area (Å²) in [4.78, 5) is 17.8. The van der Waals surface area contributed by atoms with E-state index in [9.17, 15) is 4.79 Å². The van der Waals surface area contributed by atoms with Crippen LogP contribution in [0, 0.1) is 0 Å². The molecule has 0 fully saturated rings. The maximum atomic E-state index is 11.3. The summed E-state index contributed by atoms with van der Waals surface area (Å²) in [6.45, 7) is 2.80. The summed E-state index contributed by atoms with van der Waals surface area (Å²) in [5.41, 5.74) is 0.570. The normalized spacial score (nSPS) is 10.4. The Kier molecular flexibility index (Phi) is 3.04. The first kappa shape index (κ1) is 10.9. The van der Waals surface area contributed by atoms with Gasteiger partial charge in [0.1, 0.15) is 4.47 Å². The molecule has 6 nitrogen and oxygen atoms in total. The van der Waals surface area contributed by atoms with Crippen molar-refractivity contribution < 1.29 is 0 Å². The molecule has 0 amide bonds. The summed E-state index contributed by atoms with van der Waals surface area (Å²) in [6, 6.07) is 0. The minimum absolute atomic E-state index is 0.222. The van der Waals surface area contributed by atoms with Crippen molar-refractivity contribution in [2.75, 3.05) is 5.32 Å². The van der Waals surface area contributed by atoms with Crippen LogP contribution in [0.15, 0.2) is 28.0 Å². The minimum atomic E-state index is -0.222. The van der Waals surface area contributed by atoms with Crippen LogP contribution in [0.1, 0.15) is 6.92 Å². The molecule has 2 rings (SSSR count). The number of H-pyrrole nitrogens is 1. The molecule has 0 spiro atoms. The van der Waals surface area contributed by atoms with Crippen molar-refractivity contribution in [3.63, 3.8) is 0 Å². The molecule has 0 unspecified atom stereocenters. The molecule has 16 heavy (non-hydrogen) atoms. The lowest BCUT2D eigenvalue weighted by molar-refractivity contribution is 0.660. The third-order valence-corrected chi connectivity index (χ3v) is 2.75. The number of hydrogen-bond donors (Lipinski definition) is 2. The predicted molar refractivity (Wildman–Crippen MR) is 63.7 cm³/mol. The Morgan fingerprint density at radius 3 is 3.12 bits per heavy atom. The molecule has 0 bridgehead atoms. The molecule has 0 radical (unpaired) electrons. The molecular formula is C9H10BrN5O. The number of nitrogens with zero attached hydrogens (tertiary/aromatic N) is 3. The Morgan fingerprint density at radius 2 is 2.44 bits per heavy atom. The van der Waals surface area contributed by atoms with Crippen LogP contribution in [0.25, 0.3) is 0 Å². The van der Waals surface area contributed by atoms with E-state index >= 15 is 0 Å². The van der Waals surface area contributed by atoms with Crippen LogP contribution in [0.2, 0.25) is 0 Å². The smallest absolute Gasteiger partial charge is 0.267 e. The first-order chi connectivity index (χ1) is 7.70. The molecule has 0 aromatic carbocycles. The largest absolute Gasteiger partial charge is 0.337 e. The van der Waals surface area contributed by atoms with E-state index in [4.69, 9.17) is 0 Å². The van der Waals surface area contributed by atoms with E-state index in [1.807, 2.05) is 13.1 Å². The van der Waals surface area contributed by atoms with Crippen molar-refractivity contribution in [1.82, 2.24) is 19.7 Å². The molecular weight excluding hydrogens is 274 g/mol. The van der Waals surface area contributed by atoms with E-state index in [0.717, 1.165) is 12.2 Å². The van der Waals surface area contributed by atoms with E-state index in [1.54, 1.807) is 10.9 Å². The standard InChI is InChI=1S/C9H10BrN5O/c1-2-15-4-6(3-13-15)14-8-7(10)9(16)12-5-11-8/h3-5H,2H2,1H3,(H2,11,12,14,16). The van der Waals surface area contributed by atoms with Crippen molar-refractivity contribution in [1.29, 1.82) is 0 Å². The van der Waals surface area contributed by atoms with Crippen LogP contribution < -0.4 is 10.9 Å². The number of aromatic amines is 1. The summed E-state index contributed by atoms with van der Waals surface area (Å²) in [5, 5.41) is 7.11. The van der Waals surface area contributed by atoms with Gasteiger partial charge in [-0.15, -0.1) is 0 Å². The van der Waals surface area contributed by atoms with E-state index in [-0.39, 0.29) is 5.56 Å². The maximum absolute atomic E-state index is 11.3. The number of hydrogen-bond acceptors (Lipinski definition) is 4. The molecule has 2 aromatic rings. The highest BCUT2D eigenvalue weighted by molar-refractivity contribution is 9.10. The lowest BCUT2D eigenvalue weighted by atomic mass is 10.5. The third kappa shape index (κ3) is 2.13. The molecule has 0 saturated carbocycles. The van der Waals surface area contributed by atoms with Crippen molar-refractivity contribution in [2.24, 2.45) is 0 Å². The Morgan fingerprint density at radius 1 is 1.62 bits per heavy atom. The van der Waals surface area contributed by atoms with Gasteiger partial charge < -0.3 is 10.3 Å². The second-order valence-corrected chi connectivity index (χ2v) is 3.90. The number of rotatable bonds is 3. The van der Waals surface area contributed by atoms with Crippen molar-refractivity contribution in [3.05, 3.63) is 33.5 Å². The number of aryl methyl sites for hydroxylation is 1. The Labute approximate surface area is 99.8 Å². The fourth-order valence-corrected chi connectivity index (χ4v) is 1.52. The second-order valence-electron chi connectivity index (χ2n) is 3.10. The highest BCUT2D eigenvalue weighted by Crippen LogP contribution is 2.18. The summed E-state index contributed by atoms with van der Waals surface area (Å²) in [6.07, 6.45) is 4.87. The van der Waals surface area contributed by atoms with Crippen LogP contribution in [-0.4, -0.2) is 19.7 Å². The van der Waals surface area contributed by atoms with Crippen molar-refractivity contribution in [2.45, 2.75) is 13.5 Å². The third-order valence-electron chi connectivity index (χ3n) is 2.02. The quantitative estimate of drug-likeness (QED) is 0.895. The maximum Gasteiger partial charge on any atom is 0.267 e. The second kappa shape index (κ2) is 4.48. The van der Waals surface area contributed by atoms with E-state index in [2.05, 4.69) is 36.3 Å². The van der Waals surface area contributed by atoms with Gasteiger partial charge in [-0.2, -0.15) is 5.10 Å². The van der Waals surface area contributed by atoms with Crippen LogP contribution in [-0.2, 0) is 6.54 Å². The molecule has 0 atom stereocenters. The molecule has 84 valence electrons. The molecule has 0 aliphatic rings. The fourth-order valence-electron chi connectivity index (χ4n) is 1.21. The molecule has 0 aliphatic heterocycles. The van der Waals surface area contributed by atoms with Crippen LogP contribution in [0.5, 0.6) is 0 Å². The molecule has 2 N–H and O–H groups in total. The molecule has 2 heterocycles. The van der Waals surface area contributed by atoms with Gasteiger partial charge in [0.2, 0.25) is 0 Å². The lowest BCUT2D eigenvalue weighted by Gasteiger charge is -2.02. The zero-order chi connectivity index (χ0) is 11.5. The highest BCUT2D eigenvalue weighted by Gasteiger charge is 2.06. The predicted octanol–water partition coefficient (Wildman–Crippen LogP) is 1.49. The van der Waals surface area contributed by atoms with Crippen LogP contribution >= 0.6 is 15.9 Å². The van der Waals surface area contributed by atoms with Gasteiger partial charge in [0.25, 0.3) is 5.56 Å². The number of anilines is 2. The van der Waals surface area contributed by atoms with Gasteiger partial charge in [0.15, 0.2) is 5.82 Å². The Bertz CT molecular complexity index is 547. The van der Waals surface area contributed by atoms with Gasteiger partial charge >= 0.3 is 0 Å². The number of nitrogens with one attached hydrogen (secondary N) is 2. The molecule has 0 aliphatic carbocycles. The molecule has 2 aromatic heterocycles. The van der Waals surface area contributed by atoms with E-state index in [0.29, 0.717) is 10.3 Å². The summed E-state index contributed by atoms with van der Waals surface area (Å²) in [7, 11) is 0. The van der Waals surface area contributed by atoms with Gasteiger partial charge in [-0.1, -0.05) is 0 Å². The van der Waals surface area contributed by atoms with E-state index in [1.165, 1.54) is 6.33 Å². The first-order valence-electron chi connectivity index (χ1n) is 4.73. The molecule has 7 heteroatoms. The zero-order valence-corrected chi connectivity index (χ0v) is 10.2. The van der Waals surface area contributed by atoms with E-state index < -0.39 is 0 Å². The first-order valence-corrected chi connectivity index (χ1v) is 5.52. The zero-order valence-electron chi connectivity index (χ0n) is 8.57. The van der Waals surface area contributed by atoms with Gasteiger partial charge in [-0.3, -0.25) is 9.48 Å². The topological polar surface area (TPSA) is 75.6 Å². The average Bonchev–Trinajstić information content (AvgIpc) is 2.73. The Hall–Kier alpha value is -1.63. The van der Waals surface area contributed by atoms with Crippen molar-refractivity contribution >= 4 is 27.4 Å². The fraction of sp³-hybridized carbons (Fsp3) is 0.222. The summed E-state index contributed by atoms with van der Waals surface area (Å²) < 4.78 is 2.16. The van der Waals surface area contributed by atoms with Gasteiger partial charge in [0.05, 0.1) is 18.2 Å². The van der Waals surface area contributed by atoms with Gasteiger partial charge in [0, 0.05) is 12.7 Å². The van der Waals surface area contributed by atoms with Gasteiger partial charge in [-0.05, 0) is 22.9 Å². The SMILES string of the molecule is CCn1cc(Nc2nc[nH]c(=O)c2Br)cn1. The average molecular weight is 284 g/mol. The highest BCUT2D eigenvalue weighted by atomic mass is 79.9. The van der Waals surface area contributed by atoms with Gasteiger partial charge in [-0.25, -0.2) is 4.98 Å².